The second-order valence-corrected chi connectivity index (χ2v) is 6.99. The van der Waals surface area contributed by atoms with Gasteiger partial charge in [-0.05, 0) is 43.5 Å². The lowest BCUT2D eigenvalue weighted by Gasteiger charge is -2.37. The first kappa shape index (κ1) is 19.9. The number of anilines is 1. The molecule has 27 heavy (non-hydrogen) atoms. The Bertz CT molecular complexity index is 582. The van der Waals surface area contributed by atoms with E-state index in [1.807, 2.05) is 19.2 Å². The summed E-state index contributed by atoms with van der Waals surface area (Å²) in [6.45, 7) is 6.76. The lowest BCUT2D eigenvalue weighted by molar-refractivity contribution is 0.0168. The fourth-order valence-electron chi connectivity index (χ4n) is 3.53. The molecule has 2 saturated heterocycles. The summed E-state index contributed by atoms with van der Waals surface area (Å²) >= 11 is 0. The molecule has 0 spiro atoms. The highest BCUT2D eigenvalue weighted by molar-refractivity contribution is 5.80. The maximum atomic E-state index is 13.1. The molecule has 3 rings (SSSR count). The lowest BCUT2D eigenvalue weighted by Crippen LogP contribution is -2.52. The molecular formula is C20H31FN4O2. The van der Waals surface area contributed by atoms with Gasteiger partial charge in [-0.2, -0.15) is 0 Å². The Morgan fingerprint density at radius 3 is 2.70 bits per heavy atom. The molecule has 1 aromatic rings. The number of aliphatic imine (C=N–C) groups is 1. The van der Waals surface area contributed by atoms with Crippen LogP contribution >= 0.6 is 0 Å². The molecule has 0 amide bonds. The molecular weight excluding hydrogens is 347 g/mol. The third kappa shape index (κ3) is 6.07. The summed E-state index contributed by atoms with van der Waals surface area (Å²) in [5, 5.41) is 3.43. The Morgan fingerprint density at radius 2 is 2.04 bits per heavy atom. The van der Waals surface area contributed by atoms with E-state index in [2.05, 4.69) is 20.1 Å². The molecule has 7 heteroatoms. The second-order valence-electron chi connectivity index (χ2n) is 6.99. The van der Waals surface area contributed by atoms with Crippen LogP contribution in [0.25, 0.3) is 0 Å². The number of ether oxygens (including phenoxy) is 2. The van der Waals surface area contributed by atoms with Crippen LogP contribution in [-0.2, 0) is 9.47 Å². The number of guanidine groups is 1. The van der Waals surface area contributed by atoms with Gasteiger partial charge in [-0.1, -0.05) is 0 Å². The van der Waals surface area contributed by atoms with Crippen molar-refractivity contribution < 1.29 is 13.9 Å². The van der Waals surface area contributed by atoms with Gasteiger partial charge in [0.25, 0.3) is 0 Å². The Kier molecular flexibility index (Phi) is 7.71. The number of piperazine rings is 1. The molecule has 6 nitrogen and oxygen atoms in total. The first-order valence-electron chi connectivity index (χ1n) is 9.92. The van der Waals surface area contributed by atoms with Crippen molar-refractivity contribution in [2.45, 2.75) is 25.4 Å². The summed E-state index contributed by atoms with van der Waals surface area (Å²) in [6, 6.07) is 6.72. The van der Waals surface area contributed by atoms with Crippen molar-refractivity contribution in [3.8, 4) is 0 Å². The van der Waals surface area contributed by atoms with Gasteiger partial charge in [0.15, 0.2) is 5.96 Å². The first-order valence-corrected chi connectivity index (χ1v) is 9.92. The van der Waals surface area contributed by atoms with E-state index >= 15 is 0 Å². The lowest BCUT2D eigenvalue weighted by atomic mass is 10.2. The van der Waals surface area contributed by atoms with Crippen LogP contribution in [0.3, 0.4) is 0 Å². The monoisotopic (exact) mass is 378 g/mol. The van der Waals surface area contributed by atoms with Gasteiger partial charge in [0, 0.05) is 58.7 Å². The SMILES string of the molecule is CN=C(NCCCOCC1CCCO1)N1CCN(c2ccc(F)cc2)CC1. The molecule has 0 aliphatic carbocycles. The number of nitrogens with zero attached hydrogens (tertiary/aromatic N) is 3. The fraction of sp³-hybridized carbons (Fsp3) is 0.650. The largest absolute Gasteiger partial charge is 0.379 e. The quantitative estimate of drug-likeness (QED) is 0.447. The van der Waals surface area contributed by atoms with E-state index < -0.39 is 0 Å². The highest BCUT2D eigenvalue weighted by Crippen LogP contribution is 2.17. The van der Waals surface area contributed by atoms with Crippen molar-refractivity contribution in [1.29, 1.82) is 0 Å². The summed E-state index contributed by atoms with van der Waals surface area (Å²) in [5.74, 6) is 0.745. The minimum absolute atomic E-state index is 0.193. The van der Waals surface area contributed by atoms with Gasteiger partial charge < -0.3 is 24.6 Å². The minimum Gasteiger partial charge on any atom is -0.379 e. The Balaban J connectivity index is 1.32. The smallest absolute Gasteiger partial charge is 0.193 e. The van der Waals surface area contributed by atoms with Crippen molar-refractivity contribution in [2.75, 3.05) is 64.5 Å². The van der Waals surface area contributed by atoms with E-state index in [1.54, 1.807) is 0 Å². The van der Waals surface area contributed by atoms with Crippen molar-refractivity contribution in [2.24, 2.45) is 4.99 Å². The third-order valence-corrected chi connectivity index (χ3v) is 5.06. The van der Waals surface area contributed by atoms with Gasteiger partial charge in [-0.25, -0.2) is 4.39 Å². The van der Waals surface area contributed by atoms with Gasteiger partial charge in [0.2, 0.25) is 0 Å². The molecule has 2 aliphatic rings. The van der Waals surface area contributed by atoms with Crippen LogP contribution in [0.2, 0.25) is 0 Å². The average molecular weight is 378 g/mol. The second kappa shape index (κ2) is 10.5. The molecule has 2 aliphatic heterocycles. The van der Waals surface area contributed by atoms with E-state index in [-0.39, 0.29) is 5.82 Å². The number of hydrogen-bond donors (Lipinski definition) is 1. The average Bonchev–Trinajstić information content (AvgIpc) is 3.22. The molecule has 0 radical (unpaired) electrons. The van der Waals surface area contributed by atoms with Crippen LogP contribution in [0.1, 0.15) is 19.3 Å². The van der Waals surface area contributed by atoms with Gasteiger partial charge in [-0.15, -0.1) is 0 Å². The Hall–Kier alpha value is -1.86. The summed E-state index contributed by atoms with van der Waals surface area (Å²) in [6.07, 6.45) is 3.51. The molecule has 150 valence electrons. The first-order chi connectivity index (χ1) is 13.3. The molecule has 0 bridgehead atoms. The van der Waals surface area contributed by atoms with Gasteiger partial charge in [0.05, 0.1) is 12.7 Å². The van der Waals surface area contributed by atoms with Crippen molar-refractivity contribution in [3.63, 3.8) is 0 Å². The Labute approximate surface area is 161 Å². The summed E-state index contributed by atoms with van der Waals surface area (Å²) in [7, 11) is 1.82. The topological polar surface area (TPSA) is 49.3 Å². The summed E-state index contributed by atoms with van der Waals surface area (Å²) in [5.41, 5.74) is 1.07. The predicted molar refractivity (Wildman–Crippen MR) is 106 cm³/mol. The molecule has 1 N–H and O–H groups in total. The summed E-state index contributed by atoms with van der Waals surface area (Å²) in [4.78, 5) is 8.96. The van der Waals surface area contributed by atoms with Crippen molar-refractivity contribution in [3.05, 3.63) is 30.1 Å². The zero-order valence-corrected chi connectivity index (χ0v) is 16.2. The van der Waals surface area contributed by atoms with Crippen LogP contribution in [0.4, 0.5) is 10.1 Å². The van der Waals surface area contributed by atoms with E-state index in [0.29, 0.717) is 12.7 Å². The third-order valence-electron chi connectivity index (χ3n) is 5.06. The molecule has 1 aromatic carbocycles. The van der Waals surface area contributed by atoms with Gasteiger partial charge >= 0.3 is 0 Å². The van der Waals surface area contributed by atoms with Gasteiger partial charge in [-0.3, -0.25) is 4.99 Å². The molecule has 0 aromatic heterocycles. The number of rotatable bonds is 7. The number of hydrogen-bond acceptors (Lipinski definition) is 4. The Morgan fingerprint density at radius 1 is 1.26 bits per heavy atom. The van der Waals surface area contributed by atoms with E-state index in [0.717, 1.165) is 76.8 Å². The number of nitrogens with one attached hydrogen (secondary N) is 1. The van der Waals surface area contributed by atoms with Crippen molar-refractivity contribution >= 4 is 11.6 Å². The predicted octanol–water partition coefficient (Wildman–Crippen LogP) is 2.11. The standard InChI is InChI=1S/C20H31FN4O2/c1-22-20(23-9-3-14-26-16-19-4-2-15-27-19)25-12-10-24(11-13-25)18-7-5-17(21)6-8-18/h5-8,19H,2-4,9-16H2,1H3,(H,22,23). The van der Waals surface area contributed by atoms with E-state index in [9.17, 15) is 4.39 Å². The van der Waals surface area contributed by atoms with Crippen LogP contribution < -0.4 is 10.2 Å². The van der Waals surface area contributed by atoms with Crippen LogP contribution in [0.5, 0.6) is 0 Å². The minimum atomic E-state index is -0.193. The maximum Gasteiger partial charge on any atom is 0.193 e. The zero-order valence-electron chi connectivity index (χ0n) is 16.2. The number of halogens is 1. The molecule has 0 saturated carbocycles. The molecule has 1 atom stereocenters. The van der Waals surface area contributed by atoms with Gasteiger partial charge in [0.1, 0.15) is 5.82 Å². The highest BCUT2D eigenvalue weighted by Gasteiger charge is 2.20. The maximum absolute atomic E-state index is 13.1. The van der Waals surface area contributed by atoms with Crippen LogP contribution in [0.15, 0.2) is 29.3 Å². The molecule has 2 fully saturated rings. The van der Waals surface area contributed by atoms with Crippen LogP contribution in [-0.4, -0.2) is 76.6 Å². The normalized spacial score (nSPS) is 21.0. The molecule has 1 unspecified atom stereocenters. The highest BCUT2D eigenvalue weighted by atomic mass is 19.1. The fourth-order valence-corrected chi connectivity index (χ4v) is 3.53. The zero-order chi connectivity index (χ0) is 18.9. The molecule has 2 heterocycles. The van der Waals surface area contributed by atoms with E-state index in [4.69, 9.17) is 9.47 Å². The van der Waals surface area contributed by atoms with Crippen LogP contribution in [0, 0.1) is 5.82 Å². The van der Waals surface area contributed by atoms with E-state index in [1.165, 1.54) is 12.1 Å². The summed E-state index contributed by atoms with van der Waals surface area (Å²) < 4.78 is 24.3. The van der Waals surface area contributed by atoms with Crippen molar-refractivity contribution in [1.82, 2.24) is 10.2 Å². The number of benzene rings is 1.